The summed E-state index contributed by atoms with van der Waals surface area (Å²) in [6.07, 6.45) is 0.625. The monoisotopic (exact) mass is 291 g/mol. The van der Waals surface area contributed by atoms with Crippen LogP contribution in [0.5, 0.6) is 11.8 Å². The number of carbonyl (C=O) groups is 1. The summed E-state index contributed by atoms with van der Waals surface area (Å²) in [5, 5.41) is 18.6. The second-order valence-electron chi connectivity index (χ2n) is 4.45. The molecule has 0 aliphatic rings. The van der Waals surface area contributed by atoms with E-state index >= 15 is 0 Å². The van der Waals surface area contributed by atoms with Crippen LogP contribution in [-0.2, 0) is 16.1 Å². The Kier molecular flexibility index (Phi) is 5.22. The van der Waals surface area contributed by atoms with Gasteiger partial charge in [0.2, 0.25) is 11.8 Å². The fourth-order valence-electron chi connectivity index (χ4n) is 1.73. The molecule has 2 N–H and O–H groups in total. The Morgan fingerprint density at radius 3 is 2.38 bits per heavy atom. The normalized spacial score (nSPS) is 10.5. The van der Waals surface area contributed by atoms with Gasteiger partial charge in [-0.1, -0.05) is 30.3 Å². The van der Waals surface area contributed by atoms with Crippen LogP contribution in [0.15, 0.2) is 42.5 Å². The first-order valence-corrected chi connectivity index (χ1v) is 6.59. The van der Waals surface area contributed by atoms with Crippen molar-refractivity contribution < 1.29 is 24.6 Å². The molecule has 1 heterocycles. The van der Waals surface area contributed by atoms with Crippen molar-refractivity contribution in [2.75, 3.05) is 6.61 Å². The third-order valence-corrected chi connectivity index (χ3v) is 2.77. The number of ether oxygens (including phenoxy) is 1. The quantitative estimate of drug-likeness (QED) is 0.761. The van der Waals surface area contributed by atoms with Crippen LogP contribution in [0.1, 0.15) is 18.4 Å². The molecule has 6 heteroatoms. The Balaban J connectivity index is 1.64. The van der Waals surface area contributed by atoms with Gasteiger partial charge in [-0.15, -0.1) is 4.73 Å². The highest BCUT2D eigenvalue weighted by Gasteiger charge is 2.11. The zero-order chi connectivity index (χ0) is 15.1. The van der Waals surface area contributed by atoms with Crippen molar-refractivity contribution in [2.45, 2.75) is 19.4 Å². The summed E-state index contributed by atoms with van der Waals surface area (Å²) in [4.78, 5) is 16.3. The summed E-state index contributed by atoms with van der Waals surface area (Å²) in [6.45, 7) is 0.919. The zero-order valence-electron chi connectivity index (χ0n) is 11.4. The van der Waals surface area contributed by atoms with Crippen LogP contribution in [0.3, 0.4) is 0 Å². The van der Waals surface area contributed by atoms with Gasteiger partial charge in [0.1, 0.15) is 0 Å². The van der Waals surface area contributed by atoms with E-state index in [0.29, 0.717) is 24.4 Å². The number of carbonyl (C=O) groups excluding carboxylic acids is 1. The fraction of sp³-hybridized carbons (Fsp3) is 0.267. The van der Waals surface area contributed by atoms with Gasteiger partial charge < -0.3 is 19.8 Å². The maximum Gasteiger partial charge on any atom is 0.333 e. The summed E-state index contributed by atoms with van der Waals surface area (Å²) in [7, 11) is 0. The van der Waals surface area contributed by atoms with Crippen molar-refractivity contribution in [3.63, 3.8) is 0 Å². The third-order valence-electron chi connectivity index (χ3n) is 2.77. The number of hydrogen-bond acceptors (Lipinski definition) is 5. The topological polar surface area (TPSA) is 80.9 Å². The van der Waals surface area contributed by atoms with E-state index in [2.05, 4.69) is 0 Å². The number of nitrogens with zero attached hydrogens (tertiary/aromatic N) is 1. The first-order valence-electron chi connectivity index (χ1n) is 6.59. The molecule has 0 aliphatic heterocycles. The lowest BCUT2D eigenvalue weighted by Crippen LogP contribution is -2.19. The second-order valence-corrected chi connectivity index (χ2v) is 4.45. The molecule has 0 spiro atoms. The van der Waals surface area contributed by atoms with Gasteiger partial charge in [-0.25, -0.2) is 4.79 Å². The van der Waals surface area contributed by atoms with E-state index in [1.54, 1.807) is 0 Å². The van der Waals surface area contributed by atoms with Gasteiger partial charge >= 0.3 is 5.97 Å². The molecule has 2 rings (SSSR count). The standard InChI is InChI=1S/C15H17NO5/c17-13-8-9-14(18)16(13)21-15(19)7-4-10-20-11-12-5-2-1-3-6-12/h1-3,5-6,8-9,17-18H,4,7,10-11H2. The highest BCUT2D eigenvalue weighted by Crippen LogP contribution is 2.18. The van der Waals surface area contributed by atoms with Crippen LogP contribution in [0, 0.1) is 0 Å². The van der Waals surface area contributed by atoms with E-state index in [9.17, 15) is 15.0 Å². The van der Waals surface area contributed by atoms with Gasteiger partial charge in [0, 0.05) is 18.7 Å². The van der Waals surface area contributed by atoms with Gasteiger partial charge in [0.15, 0.2) is 0 Å². The van der Waals surface area contributed by atoms with Gasteiger partial charge in [-0.3, -0.25) is 0 Å². The van der Waals surface area contributed by atoms with Crippen LogP contribution in [0.25, 0.3) is 0 Å². The van der Waals surface area contributed by atoms with E-state index in [0.717, 1.165) is 5.56 Å². The van der Waals surface area contributed by atoms with Gasteiger partial charge in [-0.2, -0.15) is 0 Å². The lowest BCUT2D eigenvalue weighted by Gasteiger charge is -2.07. The number of aromatic nitrogens is 1. The number of benzene rings is 1. The molecule has 0 unspecified atom stereocenters. The Hall–Kier alpha value is -2.47. The van der Waals surface area contributed by atoms with Gasteiger partial charge in [0.05, 0.1) is 13.0 Å². The third kappa shape index (κ3) is 4.54. The molecule has 0 saturated carbocycles. The van der Waals surface area contributed by atoms with Crippen LogP contribution in [-0.4, -0.2) is 27.5 Å². The van der Waals surface area contributed by atoms with Crippen molar-refractivity contribution in [3.8, 4) is 11.8 Å². The van der Waals surface area contributed by atoms with E-state index < -0.39 is 5.97 Å². The lowest BCUT2D eigenvalue weighted by molar-refractivity contribution is -0.145. The minimum absolute atomic E-state index is 0.131. The summed E-state index contributed by atoms with van der Waals surface area (Å²) in [5.74, 6) is -1.22. The SMILES string of the molecule is O=C(CCCOCc1ccccc1)On1c(O)ccc1O. The molecule has 1 aromatic heterocycles. The predicted octanol–water partition coefficient (Wildman–Crippen LogP) is 1.85. The maximum atomic E-state index is 11.5. The van der Waals surface area contributed by atoms with Crippen molar-refractivity contribution >= 4 is 5.97 Å². The van der Waals surface area contributed by atoms with E-state index in [-0.39, 0.29) is 18.2 Å². The van der Waals surface area contributed by atoms with Crippen molar-refractivity contribution in [2.24, 2.45) is 0 Å². The Morgan fingerprint density at radius 2 is 1.71 bits per heavy atom. The van der Waals surface area contributed by atoms with Crippen molar-refractivity contribution in [1.82, 2.24) is 4.73 Å². The summed E-state index contributed by atoms with van der Waals surface area (Å²) in [5.41, 5.74) is 1.07. The highest BCUT2D eigenvalue weighted by molar-refractivity contribution is 5.69. The number of hydrogen-bond donors (Lipinski definition) is 2. The molecular weight excluding hydrogens is 274 g/mol. The lowest BCUT2D eigenvalue weighted by atomic mass is 10.2. The zero-order valence-corrected chi connectivity index (χ0v) is 11.4. The minimum Gasteiger partial charge on any atom is -0.492 e. The smallest absolute Gasteiger partial charge is 0.333 e. The molecule has 0 amide bonds. The second kappa shape index (κ2) is 7.35. The molecular formula is C15H17NO5. The highest BCUT2D eigenvalue weighted by atomic mass is 16.7. The van der Waals surface area contributed by atoms with Crippen molar-refractivity contribution in [3.05, 3.63) is 48.0 Å². The largest absolute Gasteiger partial charge is 0.492 e. The number of aromatic hydroxyl groups is 2. The molecule has 21 heavy (non-hydrogen) atoms. The molecule has 0 bridgehead atoms. The van der Waals surface area contributed by atoms with Crippen molar-refractivity contribution in [1.29, 1.82) is 0 Å². The van der Waals surface area contributed by atoms with E-state index in [1.807, 2.05) is 30.3 Å². The van der Waals surface area contributed by atoms with Crippen LogP contribution >= 0.6 is 0 Å². The Bertz CT molecular complexity index is 560. The molecule has 0 fully saturated rings. The van der Waals surface area contributed by atoms with Gasteiger partial charge in [0.25, 0.3) is 0 Å². The van der Waals surface area contributed by atoms with Crippen LogP contribution in [0.4, 0.5) is 0 Å². The van der Waals surface area contributed by atoms with Crippen LogP contribution < -0.4 is 4.84 Å². The first-order chi connectivity index (χ1) is 10.2. The molecule has 112 valence electrons. The first kappa shape index (κ1) is 14.9. The van der Waals surface area contributed by atoms with Gasteiger partial charge in [-0.05, 0) is 12.0 Å². The molecule has 2 aromatic rings. The number of rotatable bonds is 7. The summed E-state index contributed by atoms with van der Waals surface area (Å²) in [6, 6.07) is 12.2. The molecule has 1 aromatic carbocycles. The molecule has 0 atom stereocenters. The van der Waals surface area contributed by atoms with Crippen LogP contribution in [0.2, 0.25) is 0 Å². The summed E-state index contributed by atoms with van der Waals surface area (Å²) < 4.78 is 6.11. The van der Waals surface area contributed by atoms with E-state index in [4.69, 9.17) is 9.57 Å². The minimum atomic E-state index is -0.555. The average Bonchev–Trinajstić information content (AvgIpc) is 2.80. The average molecular weight is 291 g/mol. The Morgan fingerprint density at radius 1 is 1.05 bits per heavy atom. The summed E-state index contributed by atoms with van der Waals surface area (Å²) >= 11 is 0. The fourth-order valence-corrected chi connectivity index (χ4v) is 1.73. The molecule has 0 radical (unpaired) electrons. The molecule has 0 saturated heterocycles. The Labute approximate surface area is 122 Å². The molecule has 0 aliphatic carbocycles. The van der Waals surface area contributed by atoms with E-state index in [1.165, 1.54) is 12.1 Å². The maximum absolute atomic E-state index is 11.5. The molecule has 6 nitrogen and oxygen atoms in total. The predicted molar refractivity (Wildman–Crippen MR) is 74.7 cm³/mol.